The van der Waals surface area contributed by atoms with E-state index in [-0.39, 0.29) is 5.92 Å². The standard InChI is InChI=1S/C18H33N3O/c1-15(2)10-6-5-9-13-21-14-17(19-20-21)11-7-8-12-18(22)16(3)4/h14-16H,5-13H2,1-4H3. The second-order valence-electron chi connectivity index (χ2n) is 7.04. The average molecular weight is 307 g/mol. The number of carbonyl (C=O) groups is 1. The number of aryl methyl sites for hydroxylation is 2. The van der Waals surface area contributed by atoms with Crippen molar-refractivity contribution in [3.63, 3.8) is 0 Å². The smallest absolute Gasteiger partial charge is 0.135 e. The summed E-state index contributed by atoms with van der Waals surface area (Å²) in [6.45, 7) is 9.46. The summed E-state index contributed by atoms with van der Waals surface area (Å²) >= 11 is 0. The van der Waals surface area contributed by atoms with Gasteiger partial charge in [-0.1, -0.05) is 52.2 Å². The van der Waals surface area contributed by atoms with Crippen molar-refractivity contribution in [3.8, 4) is 0 Å². The molecule has 0 atom stereocenters. The van der Waals surface area contributed by atoms with E-state index in [0.717, 1.165) is 37.4 Å². The van der Waals surface area contributed by atoms with Gasteiger partial charge in [-0.05, 0) is 31.6 Å². The first kappa shape index (κ1) is 18.9. The minimum atomic E-state index is 0.163. The van der Waals surface area contributed by atoms with Gasteiger partial charge in [-0.2, -0.15) is 0 Å². The van der Waals surface area contributed by atoms with E-state index >= 15 is 0 Å². The van der Waals surface area contributed by atoms with Crippen molar-refractivity contribution in [2.24, 2.45) is 11.8 Å². The molecule has 1 aromatic heterocycles. The van der Waals surface area contributed by atoms with Crippen molar-refractivity contribution in [2.45, 2.75) is 85.6 Å². The molecule has 0 aromatic carbocycles. The van der Waals surface area contributed by atoms with E-state index in [9.17, 15) is 4.79 Å². The van der Waals surface area contributed by atoms with Crippen LogP contribution in [0.15, 0.2) is 6.20 Å². The summed E-state index contributed by atoms with van der Waals surface area (Å²) in [5, 5.41) is 8.41. The Hall–Kier alpha value is -1.19. The number of Topliss-reactive ketones (excluding diaryl/α,β-unsaturated/α-hetero) is 1. The number of ketones is 1. The predicted molar refractivity (Wildman–Crippen MR) is 90.7 cm³/mol. The fourth-order valence-corrected chi connectivity index (χ4v) is 2.46. The zero-order chi connectivity index (χ0) is 16.4. The van der Waals surface area contributed by atoms with Crippen molar-refractivity contribution in [1.82, 2.24) is 15.0 Å². The summed E-state index contributed by atoms with van der Waals surface area (Å²) in [4.78, 5) is 11.5. The zero-order valence-corrected chi connectivity index (χ0v) is 14.8. The Labute approximate surface area is 135 Å². The molecule has 0 aliphatic carbocycles. The largest absolute Gasteiger partial charge is 0.299 e. The first-order valence-electron chi connectivity index (χ1n) is 8.90. The molecule has 0 aliphatic rings. The Morgan fingerprint density at radius 1 is 1.09 bits per heavy atom. The normalized spacial score (nSPS) is 11.5. The van der Waals surface area contributed by atoms with Crippen LogP contribution in [0.4, 0.5) is 0 Å². The van der Waals surface area contributed by atoms with Gasteiger partial charge in [-0.15, -0.1) is 5.10 Å². The summed E-state index contributed by atoms with van der Waals surface area (Å²) in [5.74, 6) is 1.34. The Kier molecular flexibility index (Phi) is 9.02. The molecule has 0 aliphatic heterocycles. The third kappa shape index (κ3) is 8.30. The van der Waals surface area contributed by atoms with Gasteiger partial charge in [-0.25, -0.2) is 0 Å². The lowest BCUT2D eigenvalue weighted by Crippen LogP contribution is -2.06. The zero-order valence-electron chi connectivity index (χ0n) is 14.8. The average Bonchev–Trinajstić information content (AvgIpc) is 2.90. The fraction of sp³-hybridized carbons (Fsp3) is 0.833. The Bertz CT molecular complexity index is 424. The predicted octanol–water partition coefficient (Wildman–Crippen LogP) is 4.43. The molecule has 4 heteroatoms. The molecule has 1 rings (SSSR count). The van der Waals surface area contributed by atoms with Gasteiger partial charge in [0, 0.05) is 25.1 Å². The van der Waals surface area contributed by atoms with Crippen molar-refractivity contribution in [3.05, 3.63) is 11.9 Å². The molecule has 0 spiro atoms. The molecule has 0 radical (unpaired) electrons. The summed E-state index contributed by atoms with van der Waals surface area (Å²) in [6.07, 6.45) is 10.7. The summed E-state index contributed by atoms with van der Waals surface area (Å²) in [5.41, 5.74) is 1.05. The lowest BCUT2D eigenvalue weighted by molar-refractivity contribution is -0.122. The highest BCUT2D eigenvalue weighted by atomic mass is 16.1. The lowest BCUT2D eigenvalue weighted by Gasteiger charge is -2.04. The van der Waals surface area contributed by atoms with E-state index in [4.69, 9.17) is 0 Å². The molecule has 0 unspecified atom stereocenters. The number of unbranched alkanes of at least 4 members (excludes halogenated alkanes) is 3. The van der Waals surface area contributed by atoms with E-state index in [1.54, 1.807) is 0 Å². The molecule has 0 N–H and O–H groups in total. The summed E-state index contributed by atoms with van der Waals surface area (Å²) in [6, 6.07) is 0. The van der Waals surface area contributed by atoms with Gasteiger partial charge in [0.05, 0.1) is 5.69 Å². The lowest BCUT2D eigenvalue weighted by atomic mass is 10.0. The molecule has 1 heterocycles. The van der Waals surface area contributed by atoms with Gasteiger partial charge >= 0.3 is 0 Å². The molecular formula is C18H33N3O. The first-order chi connectivity index (χ1) is 10.5. The highest BCUT2D eigenvalue weighted by Crippen LogP contribution is 2.10. The van der Waals surface area contributed by atoms with Gasteiger partial charge in [0.15, 0.2) is 0 Å². The third-order valence-corrected chi connectivity index (χ3v) is 4.00. The van der Waals surface area contributed by atoms with Gasteiger partial charge in [0.2, 0.25) is 0 Å². The molecule has 0 fully saturated rings. The summed E-state index contributed by atoms with van der Waals surface area (Å²) < 4.78 is 1.96. The Balaban J connectivity index is 2.12. The maximum Gasteiger partial charge on any atom is 0.135 e. The number of hydrogen-bond donors (Lipinski definition) is 0. The van der Waals surface area contributed by atoms with Crippen LogP contribution in [0.3, 0.4) is 0 Å². The van der Waals surface area contributed by atoms with Crippen LogP contribution in [0.5, 0.6) is 0 Å². The van der Waals surface area contributed by atoms with Gasteiger partial charge < -0.3 is 0 Å². The van der Waals surface area contributed by atoms with E-state index in [0.29, 0.717) is 12.2 Å². The van der Waals surface area contributed by atoms with E-state index in [2.05, 4.69) is 30.4 Å². The van der Waals surface area contributed by atoms with Crippen LogP contribution in [0, 0.1) is 11.8 Å². The first-order valence-corrected chi connectivity index (χ1v) is 8.90. The van der Waals surface area contributed by atoms with E-state index in [1.165, 1.54) is 25.7 Å². The number of hydrogen-bond acceptors (Lipinski definition) is 3. The minimum Gasteiger partial charge on any atom is -0.299 e. The van der Waals surface area contributed by atoms with Gasteiger partial charge in [0.25, 0.3) is 0 Å². The van der Waals surface area contributed by atoms with Gasteiger partial charge in [-0.3, -0.25) is 9.48 Å². The van der Waals surface area contributed by atoms with Crippen LogP contribution in [0.1, 0.15) is 78.3 Å². The van der Waals surface area contributed by atoms with Crippen molar-refractivity contribution < 1.29 is 4.79 Å². The molecule has 0 saturated carbocycles. The minimum absolute atomic E-state index is 0.163. The van der Waals surface area contributed by atoms with Crippen molar-refractivity contribution >= 4 is 5.78 Å². The Morgan fingerprint density at radius 3 is 2.55 bits per heavy atom. The monoisotopic (exact) mass is 307 g/mol. The van der Waals surface area contributed by atoms with Crippen LogP contribution in [0.2, 0.25) is 0 Å². The van der Waals surface area contributed by atoms with Crippen molar-refractivity contribution in [1.29, 1.82) is 0 Å². The second-order valence-corrected chi connectivity index (χ2v) is 7.04. The number of rotatable bonds is 12. The number of carbonyl (C=O) groups excluding carboxylic acids is 1. The van der Waals surface area contributed by atoms with Crippen LogP contribution < -0.4 is 0 Å². The number of aromatic nitrogens is 3. The van der Waals surface area contributed by atoms with Crippen LogP contribution in [-0.2, 0) is 17.8 Å². The number of nitrogens with zero attached hydrogens (tertiary/aromatic N) is 3. The van der Waals surface area contributed by atoms with E-state index < -0.39 is 0 Å². The highest BCUT2D eigenvalue weighted by Gasteiger charge is 2.07. The molecule has 126 valence electrons. The van der Waals surface area contributed by atoms with Gasteiger partial charge in [0.1, 0.15) is 5.78 Å². The molecule has 0 saturated heterocycles. The molecule has 0 bridgehead atoms. The molecule has 22 heavy (non-hydrogen) atoms. The van der Waals surface area contributed by atoms with Crippen LogP contribution in [-0.4, -0.2) is 20.8 Å². The maximum atomic E-state index is 11.5. The van der Waals surface area contributed by atoms with Crippen molar-refractivity contribution in [2.75, 3.05) is 0 Å². The fourth-order valence-electron chi connectivity index (χ4n) is 2.46. The summed E-state index contributed by atoms with van der Waals surface area (Å²) in [7, 11) is 0. The molecule has 4 nitrogen and oxygen atoms in total. The molecule has 0 amide bonds. The van der Waals surface area contributed by atoms with Crippen LogP contribution >= 0.6 is 0 Å². The quantitative estimate of drug-likeness (QED) is 0.537. The van der Waals surface area contributed by atoms with Crippen LogP contribution in [0.25, 0.3) is 0 Å². The molecule has 1 aromatic rings. The third-order valence-electron chi connectivity index (χ3n) is 4.00. The van der Waals surface area contributed by atoms with E-state index in [1.807, 2.05) is 18.5 Å². The topological polar surface area (TPSA) is 47.8 Å². The molecular weight excluding hydrogens is 274 g/mol. The highest BCUT2D eigenvalue weighted by molar-refractivity contribution is 5.80. The second kappa shape index (κ2) is 10.5. The maximum absolute atomic E-state index is 11.5. The SMILES string of the molecule is CC(C)CCCCCn1cc(CCCCC(=O)C(C)C)nn1. The Morgan fingerprint density at radius 2 is 1.86 bits per heavy atom.